The largest absolute Gasteiger partial charge is 0.467 e. The first-order chi connectivity index (χ1) is 11.6. The molecule has 0 aliphatic rings. The van der Waals surface area contributed by atoms with Crippen molar-refractivity contribution in [2.45, 2.75) is 32.7 Å². The van der Waals surface area contributed by atoms with Crippen LogP contribution in [0.1, 0.15) is 31.1 Å². The Kier molecular flexibility index (Phi) is 6.76. The lowest BCUT2D eigenvalue weighted by atomic mass is 10.1. The van der Waals surface area contributed by atoms with Gasteiger partial charge < -0.3 is 9.73 Å². The molecular formula is C18H21N3O3. The van der Waals surface area contributed by atoms with Gasteiger partial charge in [-0.25, -0.2) is 5.43 Å². The smallest absolute Gasteiger partial charge is 0.240 e. The number of benzene rings is 1. The van der Waals surface area contributed by atoms with Gasteiger partial charge in [-0.15, -0.1) is 0 Å². The Bertz CT molecular complexity index is 679. The average molecular weight is 327 g/mol. The zero-order valence-corrected chi connectivity index (χ0v) is 13.6. The lowest BCUT2D eigenvalue weighted by Gasteiger charge is -2.04. The minimum Gasteiger partial charge on any atom is -0.467 e. The summed E-state index contributed by atoms with van der Waals surface area (Å²) in [5.41, 5.74) is 4.12. The van der Waals surface area contributed by atoms with Crippen LogP contribution in [0.2, 0.25) is 0 Å². The molecule has 6 nitrogen and oxygen atoms in total. The van der Waals surface area contributed by atoms with Crippen molar-refractivity contribution < 1.29 is 14.0 Å². The highest BCUT2D eigenvalue weighted by Gasteiger charge is 2.06. The molecule has 0 spiro atoms. The number of rotatable bonds is 8. The van der Waals surface area contributed by atoms with Gasteiger partial charge in [0, 0.05) is 12.1 Å². The Morgan fingerprint density at radius 1 is 1.08 bits per heavy atom. The number of aryl methyl sites for hydroxylation is 1. The van der Waals surface area contributed by atoms with Gasteiger partial charge >= 0.3 is 0 Å². The molecular weight excluding hydrogens is 306 g/mol. The van der Waals surface area contributed by atoms with E-state index in [1.807, 2.05) is 30.3 Å². The fraction of sp³-hybridized carbons (Fsp3) is 0.278. The highest BCUT2D eigenvalue weighted by molar-refractivity contribution is 6.00. The number of carbonyl (C=O) groups excluding carboxylic acids is 2. The molecule has 0 saturated heterocycles. The van der Waals surface area contributed by atoms with E-state index in [-0.39, 0.29) is 18.2 Å². The van der Waals surface area contributed by atoms with Crippen LogP contribution in [0.5, 0.6) is 0 Å². The summed E-state index contributed by atoms with van der Waals surface area (Å²) in [5, 5.41) is 6.68. The van der Waals surface area contributed by atoms with Crippen LogP contribution in [0.15, 0.2) is 58.2 Å². The molecule has 1 aromatic heterocycles. The fourth-order valence-electron chi connectivity index (χ4n) is 2.05. The van der Waals surface area contributed by atoms with E-state index in [0.29, 0.717) is 30.9 Å². The number of hydrazone groups is 1. The number of amides is 2. The Morgan fingerprint density at radius 3 is 2.58 bits per heavy atom. The van der Waals surface area contributed by atoms with E-state index in [2.05, 4.69) is 15.8 Å². The van der Waals surface area contributed by atoms with Gasteiger partial charge in [0.1, 0.15) is 5.76 Å². The van der Waals surface area contributed by atoms with Crippen LogP contribution >= 0.6 is 0 Å². The molecule has 0 fully saturated rings. The predicted molar refractivity (Wildman–Crippen MR) is 91.2 cm³/mol. The van der Waals surface area contributed by atoms with Gasteiger partial charge in [-0.3, -0.25) is 9.59 Å². The maximum atomic E-state index is 11.8. The van der Waals surface area contributed by atoms with Crippen LogP contribution in [-0.4, -0.2) is 17.5 Å². The number of hydrogen-bond acceptors (Lipinski definition) is 4. The average Bonchev–Trinajstić information content (AvgIpc) is 3.11. The first-order valence-electron chi connectivity index (χ1n) is 7.78. The van der Waals surface area contributed by atoms with Crippen molar-refractivity contribution in [3.63, 3.8) is 0 Å². The van der Waals surface area contributed by atoms with Crippen molar-refractivity contribution in [3.05, 3.63) is 60.1 Å². The van der Waals surface area contributed by atoms with Gasteiger partial charge in [0.2, 0.25) is 11.8 Å². The maximum absolute atomic E-state index is 11.8. The number of furan rings is 1. The highest BCUT2D eigenvalue weighted by Crippen LogP contribution is 2.02. The van der Waals surface area contributed by atoms with Crippen LogP contribution in [0, 0.1) is 0 Å². The summed E-state index contributed by atoms with van der Waals surface area (Å²) in [6.07, 6.45) is 2.69. The molecule has 1 heterocycles. The summed E-state index contributed by atoms with van der Waals surface area (Å²) in [6, 6.07) is 13.3. The van der Waals surface area contributed by atoms with E-state index in [1.54, 1.807) is 25.3 Å². The zero-order chi connectivity index (χ0) is 17.2. The molecule has 1 aromatic carbocycles. The molecule has 126 valence electrons. The highest BCUT2D eigenvalue weighted by atomic mass is 16.3. The third kappa shape index (κ3) is 6.48. The van der Waals surface area contributed by atoms with Gasteiger partial charge in [-0.2, -0.15) is 5.10 Å². The molecule has 0 bridgehead atoms. The molecule has 2 N–H and O–H groups in total. The standard InChI is InChI=1S/C18H21N3O3/c1-14(12-18(23)19-13-16-8-5-11-24-16)20-21-17(22)10-9-15-6-3-2-4-7-15/h2-8,11H,9-10,12-13H2,1H3,(H,19,23)(H,21,22)/b20-14-. The summed E-state index contributed by atoms with van der Waals surface area (Å²) in [5.74, 6) is 0.340. The second-order valence-electron chi connectivity index (χ2n) is 5.40. The molecule has 0 radical (unpaired) electrons. The molecule has 2 aromatic rings. The van der Waals surface area contributed by atoms with E-state index >= 15 is 0 Å². The number of nitrogens with zero attached hydrogens (tertiary/aromatic N) is 1. The molecule has 24 heavy (non-hydrogen) atoms. The van der Waals surface area contributed by atoms with Gasteiger partial charge in [0.25, 0.3) is 0 Å². The van der Waals surface area contributed by atoms with Crippen molar-refractivity contribution in [1.82, 2.24) is 10.7 Å². The summed E-state index contributed by atoms with van der Waals surface area (Å²) in [4.78, 5) is 23.5. The molecule has 6 heteroatoms. The Labute approximate surface area is 140 Å². The normalized spacial score (nSPS) is 11.1. The van der Waals surface area contributed by atoms with Crippen molar-refractivity contribution in [2.75, 3.05) is 0 Å². The van der Waals surface area contributed by atoms with E-state index in [9.17, 15) is 9.59 Å². The van der Waals surface area contributed by atoms with E-state index in [4.69, 9.17) is 4.42 Å². The summed E-state index contributed by atoms with van der Waals surface area (Å²) in [7, 11) is 0. The first-order valence-corrected chi connectivity index (χ1v) is 7.78. The molecule has 0 aliphatic carbocycles. The predicted octanol–water partition coefficient (Wildman–Crippen LogP) is 2.41. The number of hydrogen-bond donors (Lipinski definition) is 2. The van der Waals surface area contributed by atoms with Gasteiger partial charge in [-0.05, 0) is 31.0 Å². The lowest BCUT2D eigenvalue weighted by molar-refractivity contribution is -0.121. The van der Waals surface area contributed by atoms with Crippen LogP contribution < -0.4 is 10.7 Å². The first kappa shape index (κ1) is 17.5. The Hall–Kier alpha value is -2.89. The second kappa shape index (κ2) is 9.29. The molecule has 2 rings (SSSR count). The van der Waals surface area contributed by atoms with Gasteiger partial charge in [-0.1, -0.05) is 30.3 Å². The van der Waals surface area contributed by atoms with Crippen LogP contribution in [0.25, 0.3) is 0 Å². The number of nitrogens with one attached hydrogen (secondary N) is 2. The van der Waals surface area contributed by atoms with Crippen LogP contribution in [-0.2, 0) is 22.6 Å². The summed E-state index contributed by atoms with van der Waals surface area (Å²) < 4.78 is 5.13. The Balaban J connectivity index is 1.66. The van der Waals surface area contributed by atoms with E-state index < -0.39 is 0 Å². The molecule has 2 amide bonds. The van der Waals surface area contributed by atoms with Crippen LogP contribution in [0.3, 0.4) is 0 Å². The van der Waals surface area contributed by atoms with E-state index in [0.717, 1.165) is 5.56 Å². The van der Waals surface area contributed by atoms with Crippen LogP contribution in [0.4, 0.5) is 0 Å². The zero-order valence-electron chi connectivity index (χ0n) is 13.6. The quantitative estimate of drug-likeness (QED) is 0.577. The molecule has 0 atom stereocenters. The molecule has 0 aliphatic heterocycles. The number of carbonyl (C=O) groups is 2. The van der Waals surface area contributed by atoms with Gasteiger partial charge in [0.15, 0.2) is 0 Å². The molecule has 0 saturated carbocycles. The Morgan fingerprint density at radius 2 is 1.88 bits per heavy atom. The summed E-state index contributed by atoms with van der Waals surface area (Å²) >= 11 is 0. The van der Waals surface area contributed by atoms with Crippen molar-refractivity contribution in [3.8, 4) is 0 Å². The minimum absolute atomic E-state index is 0.125. The van der Waals surface area contributed by atoms with Crippen molar-refractivity contribution >= 4 is 17.5 Å². The topological polar surface area (TPSA) is 83.7 Å². The fourth-order valence-corrected chi connectivity index (χ4v) is 2.05. The third-order valence-corrected chi connectivity index (χ3v) is 3.31. The van der Waals surface area contributed by atoms with Gasteiger partial charge in [0.05, 0.1) is 19.2 Å². The minimum atomic E-state index is -0.175. The monoisotopic (exact) mass is 327 g/mol. The SMILES string of the molecule is C/C(CC(=O)NCc1ccco1)=N/NC(=O)CCc1ccccc1. The second-order valence-corrected chi connectivity index (χ2v) is 5.40. The van der Waals surface area contributed by atoms with Crippen molar-refractivity contribution in [1.29, 1.82) is 0 Å². The summed E-state index contributed by atoms with van der Waals surface area (Å²) in [6.45, 7) is 2.03. The van der Waals surface area contributed by atoms with Crippen molar-refractivity contribution in [2.24, 2.45) is 5.10 Å². The lowest BCUT2D eigenvalue weighted by Crippen LogP contribution is -2.26. The van der Waals surface area contributed by atoms with E-state index in [1.165, 1.54) is 0 Å². The maximum Gasteiger partial charge on any atom is 0.240 e. The molecule has 0 unspecified atom stereocenters. The third-order valence-electron chi connectivity index (χ3n) is 3.31.